The summed E-state index contributed by atoms with van der Waals surface area (Å²) in [5.74, 6) is 0. The van der Waals surface area contributed by atoms with Gasteiger partial charge in [-0.05, 0) is 32.6 Å². The fourth-order valence-electron chi connectivity index (χ4n) is 1.95. The SMILES string of the molecule is CC1(C)CNC(C)(C(C)(C)O)C1. The molecule has 1 aliphatic rings. The molecule has 12 heavy (non-hydrogen) atoms. The molecule has 0 bridgehead atoms. The van der Waals surface area contributed by atoms with Gasteiger partial charge in [0.2, 0.25) is 0 Å². The van der Waals surface area contributed by atoms with Gasteiger partial charge in [-0.1, -0.05) is 13.8 Å². The van der Waals surface area contributed by atoms with Crippen LogP contribution in [-0.4, -0.2) is 22.8 Å². The Morgan fingerprint density at radius 1 is 1.25 bits per heavy atom. The van der Waals surface area contributed by atoms with E-state index in [1.54, 1.807) is 0 Å². The van der Waals surface area contributed by atoms with Crippen LogP contribution in [0.2, 0.25) is 0 Å². The maximum atomic E-state index is 9.95. The van der Waals surface area contributed by atoms with Gasteiger partial charge in [0.25, 0.3) is 0 Å². The van der Waals surface area contributed by atoms with Gasteiger partial charge < -0.3 is 10.4 Å². The molecule has 0 aliphatic carbocycles. The summed E-state index contributed by atoms with van der Waals surface area (Å²) in [6.07, 6.45) is 1.03. The summed E-state index contributed by atoms with van der Waals surface area (Å²) in [5, 5.41) is 13.4. The molecule has 0 aromatic carbocycles. The fourth-order valence-corrected chi connectivity index (χ4v) is 1.95. The van der Waals surface area contributed by atoms with Crippen molar-refractivity contribution in [2.75, 3.05) is 6.54 Å². The molecular formula is C10H21NO. The van der Waals surface area contributed by atoms with E-state index < -0.39 is 5.60 Å². The third kappa shape index (κ3) is 1.64. The molecule has 1 aliphatic heterocycles. The monoisotopic (exact) mass is 171 g/mol. The van der Waals surface area contributed by atoms with Crippen LogP contribution in [0.1, 0.15) is 41.0 Å². The Morgan fingerprint density at radius 2 is 1.75 bits per heavy atom. The molecule has 0 spiro atoms. The minimum atomic E-state index is -0.638. The molecule has 1 saturated heterocycles. The zero-order valence-corrected chi connectivity index (χ0v) is 8.86. The molecule has 2 heteroatoms. The van der Waals surface area contributed by atoms with Crippen molar-refractivity contribution in [3.05, 3.63) is 0 Å². The highest BCUT2D eigenvalue weighted by atomic mass is 16.3. The molecular weight excluding hydrogens is 150 g/mol. The summed E-state index contributed by atoms with van der Waals surface area (Å²) >= 11 is 0. The highest BCUT2D eigenvalue weighted by Crippen LogP contribution is 2.39. The van der Waals surface area contributed by atoms with E-state index in [4.69, 9.17) is 0 Å². The Morgan fingerprint density at radius 3 is 1.92 bits per heavy atom. The summed E-state index contributed by atoms with van der Waals surface area (Å²) in [6.45, 7) is 11.3. The number of rotatable bonds is 1. The molecule has 1 fully saturated rings. The molecule has 72 valence electrons. The summed E-state index contributed by atoms with van der Waals surface area (Å²) < 4.78 is 0. The van der Waals surface area contributed by atoms with Gasteiger partial charge in [0, 0.05) is 12.1 Å². The van der Waals surface area contributed by atoms with Gasteiger partial charge in [0.1, 0.15) is 0 Å². The van der Waals surface area contributed by atoms with Gasteiger partial charge in [0.15, 0.2) is 0 Å². The van der Waals surface area contributed by atoms with Crippen molar-refractivity contribution < 1.29 is 5.11 Å². The first-order chi connectivity index (χ1) is 5.16. The van der Waals surface area contributed by atoms with Crippen LogP contribution >= 0.6 is 0 Å². The Hall–Kier alpha value is -0.0800. The first-order valence-corrected chi connectivity index (χ1v) is 4.64. The molecule has 0 radical (unpaired) electrons. The maximum absolute atomic E-state index is 9.95. The second-order valence-corrected chi connectivity index (χ2v) is 5.59. The van der Waals surface area contributed by atoms with Crippen LogP contribution in [0.3, 0.4) is 0 Å². The first kappa shape index (κ1) is 10.0. The van der Waals surface area contributed by atoms with E-state index in [1.807, 2.05) is 13.8 Å². The molecule has 2 N–H and O–H groups in total. The number of hydrogen-bond acceptors (Lipinski definition) is 2. The highest BCUT2D eigenvalue weighted by Gasteiger charge is 2.47. The molecule has 0 saturated carbocycles. The minimum Gasteiger partial charge on any atom is -0.389 e. The molecule has 0 aromatic heterocycles. The number of hydrogen-bond donors (Lipinski definition) is 2. The predicted octanol–water partition coefficient (Wildman–Crippen LogP) is 1.54. The normalized spacial score (nSPS) is 35.5. The number of nitrogens with one attached hydrogen (secondary N) is 1. The van der Waals surface area contributed by atoms with Gasteiger partial charge in [-0.25, -0.2) is 0 Å². The molecule has 2 nitrogen and oxygen atoms in total. The number of aliphatic hydroxyl groups is 1. The van der Waals surface area contributed by atoms with Gasteiger partial charge in [-0.2, -0.15) is 0 Å². The van der Waals surface area contributed by atoms with Crippen molar-refractivity contribution in [1.82, 2.24) is 5.32 Å². The van der Waals surface area contributed by atoms with E-state index in [9.17, 15) is 5.11 Å². The van der Waals surface area contributed by atoms with E-state index in [1.165, 1.54) is 0 Å². The van der Waals surface area contributed by atoms with Crippen LogP contribution in [0.4, 0.5) is 0 Å². The van der Waals surface area contributed by atoms with E-state index in [0.29, 0.717) is 5.41 Å². The Balaban J connectivity index is 2.78. The third-order valence-electron chi connectivity index (χ3n) is 3.14. The van der Waals surface area contributed by atoms with Crippen LogP contribution in [0.25, 0.3) is 0 Å². The average Bonchev–Trinajstić information content (AvgIpc) is 2.05. The molecule has 1 atom stereocenters. The summed E-state index contributed by atoms with van der Waals surface area (Å²) in [7, 11) is 0. The quantitative estimate of drug-likeness (QED) is 0.627. The summed E-state index contributed by atoms with van der Waals surface area (Å²) in [4.78, 5) is 0. The largest absolute Gasteiger partial charge is 0.389 e. The maximum Gasteiger partial charge on any atom is 0.0770 e. The Bertz CT molecular complexity index is 181. The van der Waals surface area contributed by atoms with Gasteiger partial charge >= 0.3 is 0 Å². The summed E-state index contributed by atoms with van der Waals surface area (Å²) in [5.41, 5.74) is -0.452. The van der Waals surface area contributed by atoms with Crippen molar-refractivity contribution in [3.8, 4) is 0 Å². The van der Waals surface area contributed by atoms with Crippen molar-refractivity contribution in [1.29, 1.82) is 0 Å². The molecule has 1 heterocycles. The zero-order chi connectivity index (χ0) is 9.62. The summed E-state index contributed by atoms with van der Waals surface area (Å²) in [6, 6.07) is 0. The third-order valence-corrected chi connectivity index (χ3v) is 3.14. The van der Waals surface area contributed by atoms with Crippen LogP contribution in [0.5, 0.6) is 0 Å². The van der Waals surface area contributed by atoms with E-state index >= 15 is 0 Å². The first-order valence-electron chi connectivity index (χ1n) is 4.64. The van der Waals surface area contributed by atoms with Crippen LogP contribution in [0.15, 0.2) is 0 Å². The van der Waals surface area contributed by atoms with E-state index in [2.05, 4.69) is 26.1 Å². The second-order valence-electron chi connectivity index (χ2n) is 5.59. The lowest BCUT2D eigenvalue weighted by atomic mass is 9.77. The standard InChI is InChI=1S/C10H21NO/c1-8(2)6-10(5,11-7-8)9(3,4)12/h11-12H,6-7H2,1-5H3. The van der Waals surface area contributed by atoms with Crippen LogP contribution in [0, 0.1) is 5.41 Å². The minimum absolute atomic E-state index is 0.128. The fraction of sp³-hybridized carbons (Fsp3) is 1.00. The van der Waals surface area contributed by atoms with Crippen molar-refractivity contribution in [3.63, 3.8) is 0 Å². The Labute approximate surface area is 75.4 Å². The Kier molecular flexibility index (Phi) is 2.05. The molecule has 1 unspecified atom stereocenters. The lowest BCUT2D eigenvalue weighted by Crippen LogP contribution is -2.54. The smallest absolute Gasteiger partial charge is 0.0770 e. The lowest BCUT2D eigenvalue weighted by molar-refractivity contribution is -0.00791. The van der Waals surface area contributed by atoms with Gasteiger partial charge in [0.05, 0.1) is 5.60 Å². The van der Waals surface area contributed by atoms with Crippen molar-refractivity contribution >= 4 is 0 Å². The molecule has 0 amide bonds. The topological polar surface area (TPSA) is 32.3 Å². The van der Waals surface area contributed by atoms with E-state index in [0.717, 1.165) is 13.0 Å². The molecule has 1 rings (SSSR count). The van der Waals surface area contributed by atoms with E-state index in [-0.39, 0.29) is 5.54 Å². The van der Waals surface area contributed by atoms with Crippen molar-refractivity contribution in [2.45, 2.75) is 52.2 Å². The predicted molar refractivity (Wildman–Crippen MR) is 51.1 cm³/mol. The van der Waals surface area contributed by atoms with Gasteiger partial charge in [-0.3, -0.25) is 0 Å². The zero-order valence-electron chi connectivity index (χ0n) is 8.86. The average molecular weight is 171 g/mol. The van der Waals surface area contributed by atoms with Crippen LogP contribution < -0.4 is 5.32 Å². The van der Waals surface area contributed by atoms with Gasteiger partial charge in [-0.15, -0.1) is 0 Å². The second kappa shape index (κ2) is 2.46. The van der Waals surface area contributed by atoms with Crippen LogP contribution in [-0.2, 0) is 0 Å². The molecule has 0 aromatic rings. The highest BCUT2D eigenvalue weighted by molar-refractivity contribution is 5.06. The van der Waals surface area contributed by atoms with Crippen molar-refractivity contribution in [2.24, 2.45) is 5.41 Å². The lowest BCUT2D eigenvalue weighted by Gasteiger charge is -2.38.